The summed E-state index contributed by atoms with van der Waals surface area (Å²) >= 11 is 0. The molecule has 0 spiro atoms. The molecular formula is C27H28N4O. The average Bonchev–Trinajstić information content (AvgIpc) is 3.32. The van der Waals surface area contributed by atoms with Crippen LogP contribution in [0.2, 0.25) is 0 Å². The molecular weight excluding hydrogens is 396 g/mol. The fraction of sp³-hybridized carbons (Fsp3) is 0.296. The van der Waals surface area contributed by atoms with E-state index in [9.17, 15) is 4.79 Å². The topological polar surface area (TPSA) is 72.1 Å². The first-order chi connectivity index (χ1) is 15.5. The van der Waals surface area contributed by atoms with Gasteiger partial charge in [0.1, 0.15) is 5.52 Å². The van der Waals surface area contributed by atoms with Crippen LogP contribution >= 0.6 is 0 Å². The number of amides is 1. The molecule has 0 unspecified atom stereocenters. The molecule has 5 rings (SSSR count). The molecule has 0 aliphatic carbocycles. The van der Waals surface area contributed by atoms with Gasteiger partial charge in [0, 0.05) is 35.6 Å². The van der Waals surface area contributed by atoms with Crippen LogP contribution in [0, 0.1) is 13.8 Å². The van der Waals surface area contributed by atoms with Crippen molar-refractivity contribution in [3.8, 4) is 0 Å². The van der Waals surface area contributed by atoms with Crippen LogP contribution in [-0.4, -0.2) is 33.9 Å². The van der Waals surface area contributed by atoms with Crippen LogP contribution in [-0.2, 0) is 12.8 Å². The lowest BCUT2D eigenvalue weighted by Gasteiger charge is -2.16. The molecule has 0 atom stereocenters. The van der Waals surface area contributed by atoms with E-state index in [1.54, 1.807) is 0 Å². The average molecular weight is 425 g/mol. The van der Waals surface area contributed by atoms with Crippen LogP contribution in [0.3, 0.4) is 0 Å². The standard InChI is InChI=1S/C27H28N4O/c1-17-5-10-22-23(15-17)30-26(28)25-24(22)20(11-12-29-25)8-6-19-7-9-21(16-18(19)2)27(32)31-13-3-4-14-31/h5,7,9-12,15-16H,3-4,6,8,13-14H2,1-2H3,(H2,28,30). The van der Waals surface area contributed by atoms with E-state index in [-0.39, 0.29) is 5.91 Å². The lowest BCUT2D eigenvalue weighted by molar-refractivity contribution is 0.0792. The second kappa shape index (κ2) is 8.23. The minimum Gasteiger partial charge on any atom is -0.382 e. The van der Waals surface area contributed by atoms with Gasteiger partial charge in [-0.15, -0.1) is 0 Å². The largest absolute Gasteiger partial charge is 0.382 e. The molecule has 1 fully saturated rings. The molecule has 0 saturated carbocycles. The Balaban J connectivity index is 1.45. The number of carbonyl (C=O) groups is 1. The fourth-order valence-corrected chi connectivity index (χ4v) is 4.81. The first-order valence-corrected chi connectivity index (χ1v) is 11.3. The molecule has 162 valence electrons. The molecule has 2 N–H and O–H groups in total. The van der Waals surface area contributed by atoms with E-state index >= 15 is 0 Å². The Morgan fingerprint density at radius 1 is 1.00 bits per heavy atom. The van der Waals surface area contributed by atoms with Crippen molar-refractivity contribution < 1.29 is 4.79 Å². The van der Waals surface area contributed by atoms with Gasteiger partial charge in [-0.2, -0.15) is 0 Å². The molecule has 5 heteroatoms. The highest BCUT2D eigenvalue weighted by Gasteiger charge is 2.20. The summed E-state index contributed by atoms with van der Waals surface area (Å²) in [6.07, 6.45) is 5.79. The van der Waals surface area contributed by atoms with Crippen LogP contribution in [0.15, 0.2) is 48.7 Å². The monoisotopic (exact) mass is 424 g/mol. The third-order valence-corrected chi connectivity index (χ3v) is 6.59. The van der Waals surface area contributed by atoms with E-state index in [1.807, 2.05) is 23.2 Å². The zero-order valence-corrected chi connectivity index (χ0v) is 18.7. The van der Waals surface area contributed by atoms with Crippen molar-refractivity contribution in [2.75, 3.05) is 18.8 Å². The normalized spacial score (nSPS) is 13.9. The summed E-state index contributed by atoms with van der Waals surface area (Å²) in [7, 11) is 0. The number of hydrogen-bond acceptors (Lipinski definition) is 4. The van der Waals surface area contributed by atoms with Gasteiger partial charge in [0.15, 0.2) is 5.82 Å². The summed E-state index contributed by atoms with van der Waals surface area (Å²) in [5, 5.41) is 2.18. The number of likely N-dealkylation sites (tertiary alicyclic amines) is 1. The number of fused-ring (bicyclic) bond motifs is 3. The number of aromatic nitrogens is 2. The van der Waals surface area contributed by atoms with E-state index in [0.29, 0.717) is 5.82 Å². The van der Waals surface area contributed by atoms with Gasteiger partial charge in [-0.05, 0) is 86.1 Å². The van der Waals surface area contributed by atoms with E-state index in [4.69, 9.17) is 5.73 Å². The Morgan fingerprint density at radius 2 is 1.78 bits per heavy atom. The lowest BCUT2D eigenvalue weighted by Crippen LogP contribution is -2.27. The van der Waals surface area contributed by atoms with Crippen molar-refractivity contribution in [3.05, 3.63) is 76.5 Å². The van der Waals surface area contributed by atoms with Crippen molar-refractivity contribution in [2.24, 2.45) is 0 Å². The highest BCUT2D eigenvalue weighted by atomic mass is 16.2. The summed E-state index contributed by atoms with van der Waals surface area (Å²) < 4.78 is 0. The number of anilines is 1. The van der Waals surface area contributed by atoms with Crippen molar-refractivity contribution in [1.82, 2.24) is 14.9 Å². The van der Waals surface area contributed by atoms with Crippen molar-refractivity contribution in [1.29, 1.82) is 0 Å². The maximum absolute atomic E-state index is 12.7. The molecule has 1 saturated heterocycles. The third kappa shape index (κ3) is 3.68. The summed E-state index contributed by atoms with van der Waals surface area (Å²) in [4.78, 5) is 23.8. The molecule has 1 amide bonds. The Bertz CT molecular complexity index is 1340. The number of nitrogens with zero attached hydrogens (tertiary/aromatic N) is 3. The fourth-order valence-electron chi connectivity index (χ4n) is 4.81. The summed E-state index contributed by atoms with van der Waals surface area (Å²) in [6, 6.07) is 14.5. The van der Waals surface area contributed by atoms with Crippen LogP contribution in [0.4, 0.5) is 5.82 Å². The molecule has 1 aliphatic heterocycles. The molecule has 0 bridgehead atoms. The number of aryl methyl sites for hydroxylation is 4. The van der Waals surface area contributed by atoms with Gasteiger partial charge in [-0.3, -0.25) is 9.78 Å². The predicted octanol–water partition coefficient (Wildman–Crippen LogP) is 5.00. The quantitative estimate of drug-likeness (QED) is 0.468. The molecule has 2 aromatic heterocycles. The van der Waals surface area contributed by atoms with Gasteiger partial charge in [0.05, 0.1) is 5.52 Å². The predicted molar refractivity (Wildman–Crippen MR) is 130 cm³/mol. The second-order valence-corrected chi connectivity index (χ2v) is 8.85. The van der Waals surface area contributed by atoms with Gasteiger partial charge in [0.2, 0.25) is 0 Å². The lowest BCUT2D eigenvalue weighted by atomic mass is 9.95. The Kier molecular flexibility index (Phi) is 5.25. The summed E-state index contributed by atoms with van der Waals surface area (Å²) in [5.74, 6) is 0.628. The first kappa shape index (κ1) is 20.4. The SMILES string of the molecule is Cc1ccc2c(c1)nc(N)c1nccc(CCc3ccc(C(=O)N4CCCC4)cc3C)c12. The van der Waals surface area contributed by atoms with Crippen LogP contribution < -0.4 is 5.73 Å². The number of benzene rings is 2. The Hall–Kier alpha value is -3.47. The molecule has 4 aromatic rings. The molecule has 1 aliphatic rings. The van der Waals surface area contributed by atoms with E-state index in [0.717, 1.165) is 77.3 Å². The Labute approximate surface area is 188 Å². The van der Waals surface area contributed by atoms with Gasteiger partial charge in [-0.1, -0.05) is 18.2 Å². The Morgan fingerprint density at radius 3 is 2.56 bits per heavy atom. The van der Waals surface area contributed by atoms with Gasteiger partial charge < -0.3 is 10.6 Å². The highest BCUT2D eigenvalue weighted by molar-refractivity contribution is 6.09. The number of carbonyl (C=O) groups excluding carboxylic acids is 1. The zero-order valence-electron chi connectivity index (χ0n) is 18.7. The maximum Gasteiger partial charge on any atom is 0.253 e. The molecule has 5 nitrogen and oxygen atoms in total. The zero-order chi connectivity index (χ0) is 22.2. The summed E-state index contributed by atoms with van der Waals surface area (Å²) in [6.45, 7) is 5.91. The molecule has 32 heavy (non-hydrogen) atoms. The van der Waals surface area contributed by atoms with Crippen LogP contribution in [0.25, 0.3) is 21.8 Å². The first-order valence-electron chi connectivity index (χ1n) is 11.3. The minimum atomic E-state index is 0.155. The number of hydrogen-bond donors (Lipinski definition) is 1. The van der Waals surface area contributed by atoms with E-state index < -0.39 is 0 Å². The maximum atomic E-state index is 12.7. The van der Waals surface area contributed by atoms with Crippen molar-refractivity contribution in [2.45, 2.75) is 39.5 Å². The van der Waals surface area contributed by atoms with Crippen LogP contribution in [0.1, 0.15) is 45.5 Å². The third-order valence-electron chi connectivity index (χ3n) is 6.59. The van der Waals surface area contributed by atoms with Crippen molar-refractivity contribution >= 4 is 33.5 Å². The van der Waals surface area contributed by atoms with E-state index in [2.05, 4.69) is 54.1 Å². The molecule has 3 heterocycles. The number of pyridine rings is 2. The van der Waals surface area contributed by atoms with E-state index in [1.165, 1.54) is 11.1 Å². The number of nitrogen functional groups attached to an aromatic ring is 1. The van der Waals surface area contributed by atoms with Crippen molar-refractivity contribution in [3.63, 3.8) is 0 Å². The molecule has 0 radical (unpaired) electrons. The smallest absolute Gasteiger partial charge is 0.253 e. The minimum absolute atomic E-state index is 0.155. The highest BCUT2D eigenvalue weighted by Crippen LogP contribution is 2.30. The number of rotatable bonds is 4. The number of nitrogens with two attached hydrogens (primary N) is 1. The second-order valence-electron chi connectivity index (χ2n) is 8.85. The summed E-state index contributed by atoms with van der Waals surface area (Å²) in [5.41, 5.74) is 13.5. The van der Waals surface area contributed by atoms with Crippen LogP contribution in [0.5, 0.6) is 0 Å². The van der Waals surface area contributed by atoms with Gasteiger partial charge in [-0.25, -0.2) is 4.98 Å². The van der Waals surface area contributed by atoms with Gasteiger partial charge >= 0.3 is 0 Å². The van der Waals surface area contributed by atoms with Gasteiger partial charge in [0.25, 0.3) is 5.91 Å². The molecule has 2 aromatic carbocycles.